The number of allylic oxidation sites excluding steroid dienone is 1. The largest absolute Gasteiger partial charge is 0.494 e. The molecule has 0 aromatic heterocycles. The van der Waals surface area contributed by atoms with Gasteiger partial charge in [0.05, 0.1) is 17.7 Å². The molecule has 1 aromatic carbocycles. The second kappa shape index (κ2) is 7.23. The van der Waals surface area contributed by atoms with Gasteiger partial charge in [-0.2, -0.15) is 0 Å². The molecule has 0 saturated carbocycles. The molecule has 0 unspecified atom stereocenters. The summed E-state index contributed by atoms with van der Waals surface area (Å²) in [4.78, 5) is 13.9. The van der Waals surface area contributed by atoms with Crippen LogP contribution in [0.15, 0.2) is 24.0 Å². The van der Waals surface area contributed by atoms with Gasteiger partial charge in [0.25, 0.3) is 0 Å². The Bertz CT molecular complexity index is 775. The van der Waals surface area contributed by atoms with E-state index < -0.39 is 0 Å². The third-order valence-corrected chi connectivity index (χ3v) is 6.22. The summed E-state index contributed by atoms with van der Waals surface area (Å²) in [5, 5.41) is 3.27. The minimum Gasteiger partial charge on any atom is -0.399 e. The van der Waals surface area contributed by atoms with Crippen LogP contribution in [-0.4, -0.2) is 41.7 Å². The first kappa shape index (κ1) is 20.9. The van der Waals surface area contributed by atoms with E-state index >= 15 is 0 Å². The Morgan fingerprint density at radius 2 is 1.64 bits per heavy atom. The molecule has 1 N–H and O–H groups in total. The number of rotatable bonds is 4. The normalized spacial score (nSPS) is 21.2. The Kier molecular flexibility index (Phi) is 5.41. The monoisotopic (exact) mass is 384 g/mol. The number of nitrogens with zero attached hydrogens (tertiary/aromatic N) is 1. The van der Waals surface area contributed by atoms with Crippen LogP contribution in [0.1, 0.15) is 58.2 Å². The Morgan fingerprint density at radius 3 is 2.14 bits per heavy atom. The van der Waals surface area contributed by atoms with Crippen LogP contribution in [0.5, 0.6) is 0 Å². The topological polar surface area (TPSA) is 50.8 Å². The SMILES string of the molecule is Cc1cc(B2OC(C)(C)C(C)(C)O2)cc(C)c1CC1=CN(C(C)C)C(=O)CN1. The van der Waals surface area contributed by atoms with Crippen molar-refractivity contribution in [2.24, 2.45) is 0 Å². The smallest absolute Gasteiger partial charge is 0.399 e. The summed E-state index contributed by atoms with van der Waals surface area (Å²) in [7, 11) is -0.350. The number of hydrogen-bond donors (Lipinski definition) is 1. The maximum absolute atomic E-state index is 12.1. The van der Waals surface area contributed by atoms with Crippen LogP contribution in [0.3, 0.4) is 0 Å². The van der Waals surface area contributed by atoms with E-state index in [4.69, 9.17) is 9.31 Å². The van der Waals surface area contributed by atoms with Crippen molar-refractivity contribution in [3.8, 4) is 0 Å². The standard InChI is InChI=1S/C22H33BN2O3/c1-14(2)25-13-18(24-12-20(25)26)11-19-15(3)9-17(10-16(19)4)23-27-21(5,6)22(7,8)28-23/h9-10,13-14,24H,11-12H2,1-8H3. The molecule has 0 radical (unpaired) electrons. The van der Waals surface area contributed by atoms with E-state index in [9.17, 15) is 4.79 Å². The average Bonchev–Trinajstić information content (AvgIpc) is 2.80. The van der Waals surface area contributed by atoms with Gasteiger partial charge in [-0.05, 0) is 77.5 Å². The molecule has 0 atom stereocenters. The molecule has 1 saturated heterocycles. The van der Waals surface area contributed by atoms with Crippen molar-refractivity contribution in [2.75, 3.05) is 6.54 Å². The van der Waals surface area contributed by atoms with E-state index in [1.165, 1.54) is 16.7 Å². The lowest BCUT2D eigenvalue weighted by atomic mass is 9.76. The molecule has 28 heavy (non-hydrogen) atoms. The highest BCUT2D eigenvalue weighted by atomic mass is 16.7. The van der Waals surface area contributed by atoms with Crippen molar-refractivity contribution in [1.29, 1.82) is 0 Å². The van der Waals surface area contributed by atoms with E-state index in [1.807, 2.05) is 24.9 Å². The molecule has 0 bridgehead atoms. The van der Waals surface area contributed by atoms with Crippen LogP contribution in [0, 0.1) is 13.8 Å². The summed E-state index contributed by atoms with van der Waals surface area (Å²) >= 11 is 0. The van der Waals surface area contributed by atoms with E-state index in [0.717, 1.165) is 17.6 Å². The third kappa shape index (κ3) is 3.85. The van der Waals surface area contributed by atoms with Crippen LogP contribution in [-0.2, 0) is 20.5 Å². The van der Waals surface area contributed by atoms with Gasteiger partial charge in [0, 0.05) is 24.4 Å². The first-order valence-corrected chi connectivity index (χ1v) is 10.1. The maximum Gasteiger partial charge on any atom is 0.494 e. The summed E-state index contributed by atoms with van der Waals surface area (Å²) in [6.07, 6.45) is 2.73. The van der Waals surface area contributed by atoms with Gasteiger partial charge in [-0.25, -0.2) is 0 Å². The molecule has 3 rings (SSSR count). The zero-order chi connectivity index (χ0) is 20.9. The lowest BCUT2D eigenvalue weighted by Gasteiger charge is -2.32. The predicted molar refractivity (Wildman–Crippen MR) is 113 cm³/mol. The molecule has 2 aliphatic rings. The van der Waals surface area contributed by atoms with Crippen LogP contribution >= 0.6 is 0 Å². The number of hydrogen-bond acceptors (Lipinski definition) is 4. The fraction of sp³-hybridized carbons (Fsp3) is 0.591. The third-order valence-electron chi connectivity index (χ3n) is 6.22. The van der Waals surface area contributed by atoms with Gasteiger partial charge in [-0.15, -0.1) is 0 Å². The van der Waals surface area contributed by atoms with Crippen molar-refractivity contribution < 1.29 is 14.1 Å². The fourth-order valence-corrected chi connectivity index (χ4v) is 3.72. The molecule has 1 aromatic rings. The van der Waals surface area contributed by atoms with Crippen LogP contribution in [0.25, 0.3) is 0 Å². The maximum atomic E-state index is 12.1. The molecule has 1 amide bonds. The Labute approximate surface area is 169 Å². The van der Waals surface area contributed by atoms with E-state index in [1.54, 1.807) is 0 Å². The van der Waals surface area contributed by atoms with Crippen molar-refractivity contribution >= 4 is 18.5 Å². The predicted octanol–water partition coefficient (Wildman–Crippen LogP) is 2.83. The molecule has 1 fully saturated rings. The summed E-state index contributed by atoms with van der Waals surface area (Å²) in [6.45, 7) is 17.0. The number of amides is 1. The number of benzene rings is 1. The number of aryl methyl sites for hydroxylation is 2. The first-order chi connectivity index (χ1) is 12.9. The summed E-state index contributed by atoms with van der Waals surface area (Å²) in [6, 6.07) is 4.50. The summed E-state index contributed by atoms with van der Waals surface area (Å²) in [5.41, 5.74) is 5.13. The van der Waals surface area contributed by atoms with E-state index in [2.05, 4.69) is 59.0 Å². The number of carbonyl (C=O) groups excluding carboxylic acids is 1. The minimum atomic E-state index is -0.350. The molecular formula is C22H33BN2O3. The van der Waals surface area contributed by atoms with Crippen LogP contribution in [0.2, 0.25) is 0 Å². The highest BCUT2D eigenvalue weighted by molar-refractivity contribution is 6.62. The summed E-state index contributed by atoms with van der Waals surface area (Å²) < 4.78 is 12.4. The van der Waals surface area contributed by atoms with Gasteiger partial charge < -0.3 is 19.5 Å². The van der Waals surface area contributed by atoms with Crippen LogP contribution in [0.4, 0.5) is 0 Å². The fourth-order valence-electron chi connectivity index (χ4n) is 3.72. The highest BCUT2D eigenvalue weighted by Gasteiger charge is 2.51. The molecule has 5 nitrogen and oxygen atoms in total. The van der Waals surface area contributed by atoms with Gasteiger partial charge in [0.2, 0.25) is 5.91 Å². The van der Waals surface area contributed by atoms with E-state index in [0.29, 0.717) is 6.54 Å². The van der Waals surface area contributed by atoms with E-state index in [-0.39, 0.29) is 30.3 Å². The van der Waals surface area contributed by atoms with Crippen LogP contribution < -0.4 is 10.8 Å². The zero-order valence-electron chi connectivity index (χ0n) is 18.5. The quantitative estimate of drug-likeness (QED) is 0.812. The second-order valence-corrected chi connectivity index (χ2v) is 9.30. The molecule has 2 heterocycles. The van der Waals surface area contributed by atoms with Gasteiger partial charge >= 0.3 is 7.12 Å². The van der Waals surface area contributed by atoms with Gasteiger partial charge in [-0.3, -0.25) is 4.79 Å². The Balaban J connectivity index is 1.84. The Morgan fingerprint density at radius 1 is 1.11 bits per heavy atom. The lowest BCUT2D eigenvalue weighted by molar-refractivity contribution is -0.129. The number of nitrogens with one attached hydrogen (secondary N) is 1. The number of carbonyl (C=O) groups is 1. The van der Waals surface area contributed by atoms with Crippen molar-refractivity contribution in [3.63, 3.8) is 0 Å². The zero-order valence-corrected chi connectivity index (χ0v) is 18.5. The molecule has 6 heteroatoms. The van der Waals surface area contributed by atoms with Crippen molar-refractivity contribution in [2.45, 2.75) is 79.1 Å². The first-order valence-electron chi connectivity index (χ1n) is 10.1. The second-order valence-electron chi connectivity index (χ2n) is 9.30. The molecule has 0 spiro atoms. The Hall–Kier alpha value is -1.79. The average molecular weight is 384 g/mol. The van der Waals surface area contributed by atoms with Crippen molar-refractivity contribution in [1.82, 2.24) is 10.2 Å². The summed E-state index contributed by atoms with van der Waals surface area (Å²) in [5.74, 6) is 0.114. The van der Waals surface area contributed by atoms with Gasteiger partial charge in [0.15, 0.2) is 0 Å². The van der Waals surface area contributed by atoms with Gasteiger partial charge in [-0.1, -0.05) is 12.1 Å². The molecule has 2 aliphatic heterocycles. The molecule has 152 valence electrons. The lowest BCUT2D eigenvalue weighted by Crippen LogP contribution is -2.43. The molecular weight excluding hydrogens is 351 g/mol. The highest BCUT2D eigenvalue weighted by Crippen LogP contribution is 2.36. The van der Waals surface area contributed by atoms with Gasteiger partial charge in [0.1, 0.15) is 0 Å². The minimum absolute atomic E-state index is 0.114. The van der Waals surface area contributed by atoms with Crippen molar-refractivity contribution in [3.05, 3.63) is 40.7 Å². The molecule has 0 aliphatic carbocycles.